The van der Waals surface area contributed by atoms with Gasteiger partial charge in [0.05, 0.1) is 12.1 Å². The molecule has 0 N–H and O–H groups in total. The largest absolute Gasteiger partial charge is 0.488 e. The maximum Gasteiger partial charge on any atom is 0.230 e. The maximum atomic E-state index is 13.0. The van der Waals surface area contributed by atoms with Crippen molar-refractivity contribution in [2.45, 2.75) is 19.4 Å². The summed E-state index contributed by atoms with van der Waals surface area (Å²) in [5, 5.41) is 0. The van der Waals surface area contributed by atoms with Crippen molar-refractivity contribution in [1.82, 2.24) is 0 Å². The van der Waals surface area contributed by atoms with Crippen molar-refractivity contribution >= 4 is 11.6 Å². The second kappa shape index (κ2) is 3.53. The fourth-order valence-corrected chi connectivity index (χ4v) is 1.63. The molecule has 1 aliphatic heterocycles. The van der Waals surface area contributed by atoms with E-state index in [-0.39, 0.29) is 17.8 Å². The van der Waals surface area contributed by atoms with Crippen molar-refractivity contribution in [3.8, 4) is 5.75 Å². The third-order valence-electron chi connectivity index (χ3n) is 2.45. The van der Waals surface area contributed by atoms with E-state index in [1.165, 1.54) is 17.0 Å². The predicted octanol–water partition coefficient (Wildman–Crippen LogP) is 1.96. The number of nitrogens with zero attached hydrogens (tertiary/aromatic N) is 1. The molecule has 0 aromatic heterocycles. The zero-order valence-electron chi connectivity index (χ0n) is 8.66. The molecule has 0 radical (unpaired) electrons. The number of carbonyl (C=O) groups is 1. The molecule has 1 amide bonds. The zero-order valence-corrected chi connectivity index (χ0v) is 8.66. The van der Waals surface area contributed by atoms with Crippen LogP contribution < -0.4 is 9.64 Å². The van der Waals surface area contributed by atoms with Gasteiger partial charge in [-0.15, -0.1) is 0 Å². The number of rotatable bonds is 0. The Bertz CT molecular complexity index is 406. The molecule has 1 atom stereocenters. The monoisotopic (exact) mass is 209 g/mol. The standard InChI is InChI=1S/C11H12FNO2/c1-7-5-11(14)13(2)9-6-8(12)3-4-10(9)15-7/h3-4,6-7H,5H2,1-2H3. The third-order valence-corrected chi connectivity index (χ3v) is 2.45. The van der Waals surface area contributed by atoms with Crippen LogP contribution in [0, 0.1) is 5.82 Å². The van der Waals surface area contributed by atoms with Gasteiger partial charge in [-0.2, -0.15) is 0 Å². The van der Waals surface area contributed by atoms with Crippen molar-refractivity contribution in [2.24, 2.45) is 0 Å². The maximum absolute atomic E-state index is 13.0. The minimum Gasteiger partial charge on any atom is -0.488 e. The molecule has 1 aliphatic rings. The summed E-state index contributed by atoms with van der Waals surface area (Å²) in [7, 11) is 1.63. The fraction of sp³-hybridized carbons (Fsp3) is 0.364. The van der Waals surface area contributed by atoms with Crippen LogP contribution in [-0.2, 0) is 4.79 Å². The van der Waals surface area contributed by atoms with Crippen LogP contribution >= 0.6 is 0 Å². The quantitative estimate of drug-likeness (QED) is 0.653. The molecule has 4 heteroatoms. The molecule has 1 unspecified atom stereocenters. The molecule has 3 nitrogen and oxygen atoms in total. The van der Waals surface area contributed by atoms with Gasteiger partial charge in [0.25, 0.3) is 0 Å². The molecular weight excluding hydrogens is 197 g/mol. The Morgan fingerprint density at radius 1 is 1.53 bits per heavy atom. The highest BCUT2D eigenvalue weighted by Gasteiger charge is 2.24. The Hall–Kier alpha value is -1.58. The lowest BCUT2D eigenvalue weighted by atomic mass is 10.2. The SMILES string of the molecule is CC1CC(=O)N(C)c2cc(F)ccc2O1. The summed E-state index contributed by atoms with van der Waals surface area (Å²) in [5.74, 6) is 0.121. The molecule has 0 saturated heterocycles. The predicted molar refractivity (Wildman–Crippen MR) is 54.5 cm³/mol. The topological polar surface area (TPSA) is 29.5 Å². The van der Waals surface area contributed by atoms with Gasteiger partial charge < -0.3 is 9.64 Å². The van der Waals surface area contributed by atoms with E-state index in [9.17, 15) is 9.18 Å². The first kappa shape index (κ1) is 9.96. The van der Waals surface area contributed by atoms with Crippen LogP contribution in [0.5, 0.6) is 5.75 Å². The van der Waals surface area contributed by atoms with Crippen LogP contribution in [0.1, 0.15) is 13.3 Å². The molecule has 0 fully saturated rings. The molecule has 0 aliphatic carbocycles. The molecule has 1 heterocycles. The van der Waals surface area contributed by atoms with Gasteiger partial charge in [-0.3, -0.25) is 4.79 Å². The minimum absolute atomic E-state index is 0.0631. The first-order valence-electron chi connectivity index (χ1n) is 4.80. The summed E-state index contributed by atoms with van der Waals surface area (Å²) in [6, 6.07) is 4.19. The van der Waals surface area contributed by atoms with Crippen LogP contribution in [0.25, 0.3) is 0 Å². The number of hydrogen-bond donors (Lipinski definition) is 0. The summed E-state index contributed by atoms with van der Waals surface area (Å²) in [6.07, 6.45) is 0.138. The van der Waals surface area contributed by atoms with Gasteiger partial charge in [-0.05, 0) is 19.1 Å². The highest BCUT2D eigenvalue weighted by molar-refractivity contribution is 5.95. The zero-order chi connectivity index (χ0) is 11.0. The van der Waals surface area contributed by atoms with Crippen molar-refractivity contribution in [2.75, 3.05) is 11.9 Å². The average Bonchev–Trinajstić information content (AvgIpc) is 2.27. The molecule has 1 aromatic carbocycles. The summed E-state index contributed by atoms with van der Waals surface area (Å²) in [5.41, 5.74) is 0.490. The number of halogens is 1. The molecule has 0 spiro atoms. The highest BCUT2D eigenvalue weighted by atomic mass is 19.1. The number of benzene rings is 1. The minimum atomic E-state index is -0.369. The van der Waals surface area contributed by atoms with E-state index in [1.54, 1.807) is 13.1 Å². The molecule has 0 saturated carbocycles. The number of anilines is 1. The van der Waals surface area contributed by atoms with Gasteiger partial charge in [0.1, 0.15) is 17.7 Å². The van der Waals surface area contributed by atoms with Gasteiger partial charge in [0.15, 0.2) is 0 Å². The first-order chi connectivity index (χ1) is 7.08. The Labute approximate surface area is 87.5 Å². The Kier molecular flexibility index (Phi) is 2.34. The smallest absolute Gasteiger partial charge is 0.230 e. The first-order valence-corrected chi connectivity index (χ1v) is 4.80. The van der Waals surface area contributed by atoms with E-state index < -0.39 is 0 Å². The normalized spacial score (nSPS) is 20.6. The molecule has 0 bridgehead atoms. The fourth-order valence-electron chi connectivity index (χ4n) is 1.63. The van der Waals surface area contributed by atoms with Crippen LogP contribution in [0.2, 0.25) is 0 Å². The second-order valence-electron chi connectivity index (χ2n) is 3.70. The third kappa shape index (κ3) is 1.79. The molecular formula is C11H12FNO2. The molecule has 1 aromatic rings. The van der Waals surface area contributed by atoms with E-state index in [2.05, 4.69) is 0 Å². The van der Waals surface area contributed by atoms with Crippen molar-refractivity contribution in [3.05, 3.63) is 24.0 Å². The van der Waals surface area contributed by atoms with Gasteiger partial charge in [0.2, 0.25) is 5.91 Å². The summed E-state index contributed by atoms with van der Waals surface area (Å²) < 4.78 is 18.6. The Balaban J connectivity index is 2.50. The van der Waals surface area contributed by atoms with Crippen molar-refractivity contribution in [1.29, 1.82) is 0 Å². The van der Waals surface area contributed by atoms with Crippen LogP contribution in [-0.4, -0.2) is 19.1 Å². The summed E-state index contributed by atoms with van der Waals surface area (Å²) >= 11 is 0. The Morgan fingerprint density at radius 2 is 2.27 bits per heavy atom. The van der Waals surface area contributed by atoms with Gasteiger partial charge >= 0.3 is 0 Å². The average molecular weight is 209 g/mol. The van der Waals surface area contributed by atoms with Crippen molar-refractivity contribution in [3.63, 3.8) is 0 Å². The lowest BCUT2D eigenvalue weighted by Gasteiger charge is -2.15. The highest BCUT2D eigenvalue weighted by Crippen LogP contribution is 2.32. The lowest BCUT2D eigenvalue weighted by Crippen LogP contribution is -2.27. The van der Waals surface area contributed by atoms with Crippen molar-refractivity contribution < 1.29 is 13.9 Å². The summed E-state index contributed by atoms with van der Waals surface area (Å²) in [6.45, 7) is 1.82. The van der Waals surface area contributed by atoms with E-state index >= 15 is 0 Å². The number of ether oxygens (including phenoxy) is 1. The van der Waals surface area contributed by atoms with E-state index in [4.69, 9.17) is 4.74 Å². The number of amides is 1. The second-order valence-corrected chi connectivity index (χ2v) is 3.70. The Morgan fingerprint density at radius 3 is 3.00 bits per heavy atom. The summed E-state index contributed by atoms with van der Waals surface area (Å²) in [4.78, 5) is 13.1. The van der Waals surface area contributed by atoms with Gasteiger partial charge in [-0.25, -0.2) is 4.39 Å². The van der Waals surface area contributed by atoms with Crippen LogP contribution in [0.3, 0.4) is 0 Å². The number of fused-ring (bicyclic) bond motifs is 1. The molecule has 2 rings (SSSR count). The molecule has 15 heavy (non-hydrogen) atoms. The van der Waals surface area contributed by atoms with E-state index in [1.807, 2.05) is 6.92 Å². The van der Waals surface area contributed by atoms with Gasteiger partial charge in [0, 0.05) is 13.1 Å². The van der Waals surface area contributed by atoms with E-state index in [0.29, 0.717) is 17.9 Å². The van der Waals surface area contributed by atoms with Gasteiger partial charge in [-0.1, -0.05) is 0 Å². The van der Waals surface area contributed by atoms with Crippen LogP contribution in [0.15, 0.2) is 18.2 Å². The van der Waals surface area contributed by atoms with E-state index in [0.717, 1.165) is 0 Å². The number of hydrogen-bond acceptors (Lipinski definition) is 2. The van der Waals surface area contributed by atoms with Crippen LogP contribution in [0.4, 0.5) is 10.1 Å². The lowest BCUT2D eigenvalue weighted by molar-refractivity contribution is -0.119. The molecule has 80 valence electrons. The number of carbonyl (C=O) groups excluding carboxylic acids is 1.